The Balaban J connectivity index is 1.59. The zero-order valence-electron chi connectivity index (χ0n) is 15.5. The first-order chi connectivity index (χ1) is 12.8. The number of carbonyl (C=O) groups is 2. The summed E-state index contributed by atoms with van der Waals surface area (Å²) in [5, 5.41) is 13.7. The van der Waals surface area contributed by atoms with E-state index >= 15 is 0 Å². The molecule has 0 radical (unpaired) electrons. The number of rotatable bonds is 4. The predicted molar refractivity (Wildman–Crippen MR) is 104 cm³/mol. The van der Waals surface area contributed by atoms with E-state index in [9.17, 15) is 9.59 Å². The maximum Gasteiger partial charge on any atom is 0.325 e. The van der Waals surface area contributed by atoms with Crippen LogP contribution in [0.2, 0.25) is 0 Å². The summed E-state index contributed by atoms with van der Waals surface area (Å²) < 4.78 is 1.78. The molecule has 2 heterocycles. The van der Waals surface area contributed by atoms with E-state index in [4.69, 9.17) is 0 Å². The van der Waals surface area contributed by atoms with Crippen molar-refractivity contribution in [2.75, 3.05) is 11.1 Å². The third-order valence-corrected chi connectivity index (χ3v) is 4.81. The number of imide groups is 1. The van der Waals surface area contributed by atoms with Crippen LogP contribution in [-0.4, -0.2) is 37.3 Å². The molecule has 0 bridgehead atoms. The minimum atomic E-state index is -0.563. The second-order valence-electron chi connectivity index (χ2n) is 6.27. The number of aryl methyl sites for hydroxylation is 4. The maximum absolute atomic E-state index is 12.1. The van der Waals surface area contributed by atoms with Gasteiger partial charge in [-0.2, -0.15) is 0 Å². The molecule has 2 N–H and O–H groups in total. The van der Waals surface area contributed by atoms with Crippen molar-refractivity contribution in [1.29, 1.82) is 0 Å². The lowest BCUT2D eigenvalue weighted by atomic mass is 10.1. The largest absolute Gasteiger partial charge is 0.325 e. The molecule has 3 amide bonds. The van der Waals surface area contributed by atoms with Gasteiger partial charge in [0.05, 0.1) is 5.75 Å². The van der Waals surface area contributed by atoms with Crippen molar-refractivity contribution in [3.05, 3.63) is 46.8 Å². The number of urea groups is 1. The zero-order chi connectivity index (χ0) is 19.6. The van der Waals surface area contributed by atoms with E-state index in [1.807, 2.05) is 52.0 Å². The van der Waals surface area contributed by atoms with Crippen molar-refractivity contribution in [2.45, 2.75) is 32.9 Å². The summed E-state index contributed by atoms with van der Waals surface area (Å²) in [6.45, 7) is 7.68. The van der Waals surface area contributed by atoms with E-state index in [1.165, 1.54) is 11.8 Å². The smallest absolute Gasteiger partial charge is 0.307 e. The minimum absolute atomic E-state index is 0.0361. The molecular weight excluding hydrogens is 364 g/mol. The van der Waals surface area contributed by atoms with Crippen LogP contribution in [0.1, 0.15) is 22.5 Å². The number of anilines is 1. The third-order valence-electron chi connectivity index (χ3n) is 3.88. The Morgan fingerprint density at radius 2 is 1.89 bits per heavy atom. The molecule has 27 heavy (non-hydrogen) atoms. The molecular formula is C18H20N6O2S. The normalized spacial score (nSPS) is 10.8. The first-order valence-electron chi connectivity index (χ1n) is 8.34. The number of thioether (sulfide) groups is 1. The molecule has 3 rings (SSSR count). The van der Waals surface area contributed by atoms with Gasteiger partial charge in [-0.1, -0.05) is 29.5 Å². The number of nitrogens with one attached hydrogen (secondary N) is 2. The van der Waals surface area contributed by atoms with Crippen molar-refractivity contribution in [2.24, 2.45) is 0 Å². The van der Waals surface area contributed by atoms with E-state index < -0.39 is 11.9 Å². The summed E-state index contributed by atoms with van der Waals surface area (Å²) in [7, 11) is 0. The molecule has 3 aromatic rings. The Hall–Kier alpha value is -2.94. The Bertz CT molecular complexity index is 1030. The molecule has 0 spiro atoms. The van der Waals surface area contributed by atoms with Crippen molar-refractivity contribution < 1.29 is 9.59 Å². The van der Waals surface area contributed by atoms with Crippen LogP contribution in [0.5, 0.6) is 0 Å². The minimum Gasteiger partial charge on any atom is -0.307 e. The Kier molecular flexibility index (Phi) is 5.41. The first kappa shape index (κ1) is 18.8. The third kappa shape index (κ3) is 4.43. The zero-order valence-corrected chi connectivity index (χ0v) is 16.3. The molecule has 2 aromatic heterocycles. The van der Waals surface area contributed by atoms with Gasteiger partial charge >= 0.3 is 6.03 Å². The van der Waals surface area contributed by atoms with Crippen LogP contribution in [0.25, 0.3) is 5.78 Å². The van der Waals surface area contributed by atoms with Gasteiger partial charge in [0.1, 0.15) is 0 Å². The van der Waals surface area contributed by atoms with Crippen LogP contribution in [-0.2, 0) is 4.79 Å². The second kappa shape index (κ2) is 7.75. The molecule has 0 unspecified atom stereocenters. The summed E-state index contributed by atoms with van der Waals surface area (Å²) in [6.07, 6.45) is 0. The molecule has 8 nitrogen and oxygen atoms in total. The number of aromatic nitrogens is 4. The van der Waals surface area contributed by atoms with Crippen LogP contribution in [0.4, 0.5) is 10.5 Å². The van der Waals surface area contributed by atoms with Gasteiger partial charge in [0.15, 0.2) is 5.16 Å². The van der Waals surface area contributed by atoms with Gasteiger partial charge in [0.2, 0.25) is 5.91 Å². The van der Waals surface area contributed by atoms with Crippen LogP contribution in [0.15, 0.2) is 29.4 Å². The first-order valence-corrected chi connectivity index (χ1v) is 9.32. The summed E-state index contributed by atoms with van der Waals surface area (Å²) in [6, 6.07) is 7.02. The highest BCUT2D eigenvalue weighted by molar-refractivity contribution is 7.99. The van der Waals surface area contributed by atoms with E-state index in [-0.39, 0.29) is 5.75 Å². The van der Waals surface area contributed by atoms with Gasteiger partial charge in [-0.25, -0.2) is 9.78 Å². The quantitative estimate of drug-likeness (QED) is 0.671. The predicted octanol–water partition coefficient (Wildman–Crippen LogP) is 2.80. The van der Waals surface area contributed by atoms with Gasteiger partial charge in [0.25, 0.3) is 5.78 Å². The molecule has 0 aliphatic heterocycles. The highest BCUT2D eigenvalue weighted by Gasteiger charge is 2.14. The summed E-state index contributed by atoms with van der Waals surface area (Å²) >= 11 is 1.20. The van der Waals surface area contributed by atoms with Crippen LogP contribution in [0.3, 0.4) is 0 Å². The molecule has 9 heteroatoms. The van der Waals surface area contributed by atoms with Crippen molar-refractivity contribution in [3.63, 3.8) is 0 Å². The molecule has 0 saturated carbocycles. The molecule has 0 saturated heterocycles. The number of nitrogens with zero attached hydrogens (tertiary/aromatic N) is 4. The summed E-state index contributed by atoms with van der Waals surface area (Å²) in [4.78, 5) is 28.4. The highest BCUT2D eigenvalue weighted by atomic mass is 32.2. The fourth-order valence-corrected chi connectivity index (χ4v) is 3.48. The number of hydrogen-bond donors (Lipinski definition) is 2. The monoisotopic (exact) mass is 384 g/mol. The fourth-order valence-electron chi connectivity index (χ4n) is 2.69. The summed E-state index contributed by atoms with van der Waals surface area (Å²) in [5.41, 5.74) is 4.48. The molecule has 0 aliphatic rings. The van der Waals surface area contributed by atoms with E-state index in [0.29, 0.717) is 16.6 Å². The standard InChI is InChI=1S/C18H20N6O2S/c1-10-5-6-14(11(2)7-10)20-17(26)21-15(25)9-27-18-23-22-16-19-12(3)8-13(4)24(16)18/h5-8H,9H2,1-4H3,(H2,20,21,25,26). The molecule has 0 atom stereocenters. The Morgan fingerprint density at radius 1 is 1.11 bits per heavy atom. The second-order valence-corrected chi connectivity index (χ2v) is 7.21. The van der Waals surface area contributed by atoms with Crippen molar-refractivity contribution in [3.8, 4) is 0 Å². The number of fused-ring (bicyclic) bond motifs is 1. The van der Waals surface area contributed by atoms with E-state index in [1.54, 1.807) is 4.40 Å². The number of carbonyl (C=O) groups excluding carboxylic acids is 2. The molecule has 0 aliphatic carbocycles. The van der Waals surface area contributed by atoms with Crippen LogP contribution in [0, 0.1) is 27.7 Å². The van der Waals surface area contributed by atoms with Gasteiger partial charge < -0.3 is 5.32 Å². The van der Waals surface area contributed by atoms with Gasteiger partial charge in [-0.3, -0.25) is 14.5 Å². The molecule has 140 valence electrons. The number of amides is 3. The molecule has 0 fully saturated rings. The summed E-state index contributed by atoms with van der Waals surface area (Å²) in [5.74, 6) is 0.105. The SMILES string of the molecule is Cc1ccc(NC(=O)NC(=O)CSc2nnc3nc(C)cc(C)n23)c(C)c1. The highest BCUT2D eigenvalue weighted by Crippen LogP contribution is 2.18. The lowest BCUT2D eigenvalue weighted by Crippen LogP contribution is -2.35. The molecule has 1 aromatic carbocycles. The van der Waals surface area contributed by atoms with E-state index in [2.05, 4.69) is 25.8 Å². The Morgan fingerprint density at radius 3 is 2.63 bits per heavy atom. The van der Waals surface area contributed by atoms with Gasteiger partial charge in [0, 0.05) is 17.1 Å². The topological polar surface area (TPSA) is 101 Å². The fraction of sp³-hybridized carbons (Fsp3) is 0.278. The van der Waals surface area contributed by atoms with Crippen LogP contribution < -0.4 is 10.6 Å². The van der Waals surface area contributed by atoms with Crippen molar-refractivity contribution in [1.82, 2.24) is 24.9 Å². The maximum atomic E-state index is 12.1. The lowest BCUT2D eigenvalue weighted by molar-refractivity contribution is -0.117. The Labute approximate surface area is 160 Å². The van der Waals surface area contributed by atoms with Crippen molar-refractivity contribution >= 4 is 35.2 Å². The van der Waals surface area contributed by atoms with Gasteiger partial charge in [-0.05, 0) is 45.4 Å². The number of benzene rings is 1. The lowest BCUT2D eigenvalue weighted by Gasteiger charge is -2.09. The number of hydrogen-bond acceptors (Lipinski definition) is 6. The average molecular weight is 384 g/mol. The van der Waals surface area contributed by atoms with Crippen LogP contribution >= 0.6 is 11.8 Å². The van der Waals surface area contributed by atoms with Gasteiger partial charge in [-0.15, -0.1) is 10.2 Å². The average Bonchev–Trinajstić information content (AvgIpc) is 2.98. The van der Waals surface area contributed by atoms with E-state index in [0.717, 1.165) is 22.5 Å².